The maximum absolute atomic E-state index is 6.40. The Hall–Kier alpha value is -5.90. The van der Waals surface area contributed by atoms with E-state index >= 15 is 0 Å². The van der Waals surface area contributed by atoms with Gasteiger partial charge in [0, 0.05) is 47.9 Å². The number of benzene rings is 8. The van der Waals surface area contributed by atoms with Crippen LogP contribution in [0.2, 0.25) is 0 Å². The van der Waals surface area contributed by atoms with Crippen molar-refractivity contribution in [1.29, 1.82) is 0 Å². The molecule has 0 saturated heterocycles. The number of nitrogens with zero attached hydrogens (tertiary/aromatic N) is 1. The minimum absolute atomic E-state index is 0.914. The summed E-state index contributed by atoms with van der Waals surface area (Å²) in [6.07, 6.45) is 0. The summed E-state index contributed by atoms with van der Waals surface area (Å²) in [7, 11) is 0. The molecule has 2 heterocycles. The van der Waals surface area contributed by atoms with E-state index in [0.717, 1.165) is 44.4 Å². The quantitative estimate of drug-likeness (QED) is 0.183. The molecule has 0 bridgehead atoms. The summed E-state index contributed by atoms with van der Waals surface area (Å²) in [5.74, 6) is 0. The van der Waals surface area contributed by atoms with Crippen LogP contribution in [0.3, 0.4) is 0 Å². The average molecular weight is 618 g/mol. The van der Waals surface area contributed by atoms with E-state index in [4.69, 9.17) is 4.42 Å². The molecule has 0 aliphatic rings. The van der Waals surface area contributed by atoms with Crippen molar-refractivity contribution in [2.24, 2.45) is 0 Å². The maximum Gasteiger partial charge on any atom is 0.143 e. The van der Waals surface area contributed by atoms with Crippen molar-refractivity contribution in [1.82, 2.24) is 0 Å². The van der Waals surface area contributed by atoms with E-state index in [1.54, 1.807) is 0 Å². The summed E-state index contributed by atoms with van der Waals surface area (Å²) in [6, 6.07) is 59.1. The van der Waals surface area contributed by atoms with Crippen LogP contribution in [-0.2, 0) is 0 Å². The summed E-state index contributed by atoms with van der Waals surface area (Å²) in [4.78, 5) is 2.42. The van der Waals surface area contributed by atoms with Gasteiger partial charge in [-0.1, -0.05) is 115 Å². The molecule has 0 N–H and O–H groups in total. The van der Waals surface area contributed by atoms with Crippen molar-refractivity contribution in [2.45, 2.75) is 0 Å². The van der Waals surface area contributed by atoms with Crippen LogP contribution in [0.5, 0.6) is 0 Å². The second-order valence-corrected chi connectivity index (χ2v) is 13.2. The van der Waals surface area contributed by atoms with Gasteiger partial charge < -0.3 is 9.32 Å². The SMILES string of the molecule is c1ccc2c(c1)ccc1ccc(N(c3ccc(-c4cccc5c4oc4ccccc45)cc3)c3cccc4sc5ccccc5c34)cc12. The Morgan fingerprint density at radius 1 is 0.447 bits per heavy atom. The highest BCUT2D eigenvalue weighted by Gasteiger charge is 2.20. The highest BCUT2D eigenvalue weighted by molar-refractivity contribution is 7.26. The summed E-state index contributed by atoms with van der Waals surface area (Å²) in [6.45, 7) is 0. The first kappa shape index (κ1) is 26.3. The minimum atomic E-state index is 0.914. The lowest BCUT2D eigenvalue weighted by Crippen LogP contribution is -2.10. The normalized spacial score (nSPS) is 11.8. The Kier molecular flexibility index (Phi) is 5.78. The van der Waals surface area contributed by atoms with E-state index < -0.39 is 0 Å². The van der Waals surface area contributed by atoms with E-state index in [1.807, 2.05) is 23.5 Å². The van der Waals surface area contributed by atoms with Gasteiger partial charge in [-0.05, 0) is 75.6 Å². The van der Waals surface area contributed by atoms with Crippen LogP contribution in [0, 0.1) is 0 Å². The fourth-order valence-electron chi connectivity index (χ4n) is 7.26. The Morgan fingerprint density at radius 2 is 1.11 bits per heavy atom. The molecule has 0 atom stereocenters. The van der Waals surface area contributed by atoms with E-state index in [-0.39, 0.29) is 0 Å². The lowest BCUT2D eigenvalue weighted by Gasteiger charge is -2.27. The van der Waals surface area contributed by atoms with Crippen molar-refractivity contribution in [3.8, 4) is 11.1 Å². The molecule has 220 valence electrons. The Morgan fingerprint density at radius 3 is 2.00 bits per heavy atom. The molecule has 10 aromatic rings. The number of furan rings is 1. The first-order chi connectivity index (χ1) is 23.3. The van der Waals surface area contributed by atoms with Crippen molar-refractivity contribution in [3.63, 3.8) is 0 Å². The van der Waals surface area contributed by atoms with Crippen LogP contribution < -0.4 is 4.90 Å². The molecule has 0 aliphatic heterocycles. The molecule has 2 aromatic heterocycles. The van der Waals surface area contributed by atoms with Crippen LogP contribution in [-0.4, -0.2) is 0 Å². The van der Waals surface area contributed by atoms with Gasteiger partial charge in [-0.15, -0.1) is 11.3 Å². The van der Waals surface area contributed by atoms with E-state index in [1.165, 1.54) is 47.4 Å². The van der Waals surface area contributed by atoms with Gasteiger partial charge >= 0.3 is 0 Å². The molecule has 3 heteroatoms. The number of fused-ring (bicyclic) bond motifs is 9. The van der Waals surface area contributed by atoms with Gasteiger partial charge in [-0.2, -0.15) is 0 Å². The smallest absolute Gasteiger partial charge is 0.143 e. The molecule has 0 fully saturated rings. The van der Waals surface area contributed by atoms with Gasteiger partial charge in [-0.25, -0.2) is 0 Å². The lowest BCUT2D eigenvalue weighted by atomic mass is 10.00. The summed E-state index contributed by atoms with van der Waals surface area (Å²) < 4.78 is 8.99. The number of hydrogen-bond acceptors (Lipinski definition) is 3. The van der Waals surface area contributed by atoms with Gasteiger partial charge in [0.1, 0.15) is 11.2 Å². The third-order valence-corrected chi connectivity index (χ3v) is 10.6. The Balaban J connectivity index is 1.19. The van der Waals surface area contributed by atoms with Gasteiger partial charge in [0.2, 0.25) is 0 Å². The lowest BCUT2D eigenvalue weighted by molar-refractivity contribution is 0.670. The standard InChI is InChI=1S/C44H27NOS/c1-2-10-33-28(9-1)19-20-30-23-26-32(27-38(30)33)45(39-15-8-18-42-43(39)37-12-4-6-17-41(37)47-42)31-24-21-29(22-25-31)34-13-7-14-36-35-11-3-5-16-40(35)46-44(34)36/h1-27H. The van der Waals surface area contributed by atoms with Gasteiger partial charge in [0.05, 0.1) is 5.69 Å². The number of para-hydroxylation sites is 2. The van der Waals surface area contributed by atoms with Crippen molar-refractivity contribution in [2.75, 3.05) is 4.90 Å². The van der Waals surface area contributed by atoms with Crippen LogP contribution in [0.15, 0.2) is 168 Å². The largest absolute Gasteiger partial charge is 0.455 e. The number of thiophene rings is 1. The van der Waals surface area contributed by atoms with Crippen LogP contribution >= 0.6 is 11.3 Å². The van der Waals surface area contributed by atoms with E-state index in [0.29, 0.717) is 0 Å². The summed E-state index contributed by atoms with van der Waals surface area (Å²) >= 11 is 1.85. The predicted molar refractivity (Wildman–Crippen MR) is 202 cm³/mol. The first-order valence-corrected chi connectivity index (χ1v) is 16.7. The van der Waals surface area contributed by atoms with Crippen molar-refractivity contribution < 1.29 is 4.42 Å². The maximum atomic E-state index is 6.40. The predicted octanol–water partition coefficient (Wildman–Crippen LogP) is 13.4. The molecular formula is C44H27NOS. The van der Waals surface area contributed by atoms with Gasteiger partial charge in [0.15, 0.2) is 0 Å². The molecule has 0 radical (unpaired) electrons. The molecule has 0 saturated carbocycles. The zero-order valence-electron chi connectivity index (χ0n) is 25.4. The molecule has 0 unspecified atom stereocenters. The van der Waals surface area contributed by atoms with Crippen molar-refractivity contribution >= 4 is 92.1 Å². The van der Waals surface area contributed by atoms with Crippen LogP contribution in [0.25, 0.3) is 74.8 Å². The van der Waals surface area contributed by atoms with Crippen LogP contribution in [0.1, 0.15) is 0 Å². The highest BCUT2D eigenvalue weighted by Crippen LogP contribution is 2.46. The Labute approximate surface area is 275 Å². The number of rotatable bonds is 4. The zero-order chi connectivity index (χ0) is 30.9. The topological polar surface area (TPSA) is 16.4 Å². The van der Waals surface area contributed by atoms with Gasteiger partial charge in [0.25, 0.3) is 0 Å². The molecule has 8 aromatic carbocycles. The second-order valence-electron chi connectivity index (χ2n) is 12.1. The molecule has 47 heavy (non-hydrogen) atoms. The molecule has 0 aliphatic carbocycles. The third-order valence-electron chi connectivity index (χ3n) is 9.45. The van der Waals surface area contributed by atoms with Gasteiger partial charge in [-0.3, -0.25) is 0 Å². The van der Waals surface area contributed by atoms with E-state index in [9.17, 15) is 0 Å². The van der Waals surface area contributed by atoms with E-state index in [2.05, 4.69) is 157 Å². The fourth-order valence-corrected chi connectivity index (χ4v) is 8.39. The Bertz CT molecular complexity index is 2810. The second kappa shape index (κ2) is 10.3. The highest BCUT2D eigenvalue weighted by atomic mass is 32.1. The number of anilines is 3. The monoisotopic (exact) mass is 617 g/mol. The van der Waals surface area contributed by atoms with Crippen molar-refractivity contribution in [3.05, 3.63) is 164 Å². The molecule has 10 rings (SSSR count). The minimum Gasteiger partial charge on any atom is -0.455 e. The summed E-state index contributed by atoms with van der Waals surface area (Å²) in [5, 5.41) is 9.85. The molecular weight excluding hydrogens is 591 g/mol. The molecule has 0 amide bonds. The fraction of sp³-hybridized carbons (Fsp3) is 0. The molecule has 2 nitrogen and oxygen atoms in total. The zero-order valence-corrected chi connectivity index (χ0v) is 26.2. The third kappa shape index (κ3) is 4.10. The van der Waals surface area contributed by atoms with Crippen LogP contribution in [0.4, 0.5) is 17.1 Å². The molecule has 0 spiro atoms. The first-order valence-electron chi connectivity index (χ1n) is 15.9. The average Bonchev–Trinajstić information content (AvgIpc) is 3.71. The number of hydrogen-bond donors (Lipinski definition) is 0. The summed E-state index contributed by atoms with van der Waals surface area (Å²) in [5.41, 5.74) is 7.47.